The number of nitrogen functional groups attached to an aromatic ring is 1. The van der Waals surface area contributed by atoms with Crippen LogP contribution in [0.2, 0.25) is 0 Å². The van der Waals surface area contributed by atoms with Crippen LogP contribution in [0.15, 0.2) is 36.4 Å². The second-order valence-electron chi connectivity index (χ2n) is 5.78. The zero-order valence-corrected chi connectivity index (χ0v) is 15.3. The van der Waals surface area contributed by atoms with Crippen molar-refractivity contribution in [3.63, 3.8) is 0 Å². The van der Waals surface area contributed by atoms with Crippen molar-refractivity contribution < 1.29 is 14.7 Å². The molecule has 27 heavy (non-hydrogen) atoms. The largest absolute Gasteiger partial charge is 0.396 e. The second-order valence-corrected chi connectivity index (χ2v) is 6.84. The predicted molar refractivity (Wildman–Crippen MR) is 103 cm³/mol. The molecular formula is C18H19N5O3S. The molecule has 0 fully saturated rings. The lowest BCUT2D eigenvalue weighted by molar-refractivity contribution is 0.0942. The smallest absolute Gasteiger partial charge is 0.270 e. The van der Waals surface area contributed by atoms with Gasteiger partial charge in [-0.05, 0) is 36.2 Å². The lowest BCUT2D eigenvalue weighted by Gasteiger charge is -2.07. The van der Waals surface area contributed by atoms with Gasteiger partial charge in [-0.2, -0.15) is 0 Å². The fourth-order valence-electron chi connectivity index (χ4n) is 2.43. The normalized spacial score (nSPS) is 10.7. The molecule has 1 aromatic carbocycles. The highest BCUT2D eigenvalue weighted by Gasteiger charge is 2.12. The van der Waals surface area contributed by atoms with E-state index < -0.39 is 0 Å². The molecule has 0 saturated carbocycles. The van der Waals surface area contributed by atoms with E-state index in [0.717, 1.165) is 15.8 Å². The lowest BCUT2D eigenvalue weighted by atomic mass is 10.2. The maximum absolute atomic E-state index is 12.4. The number of carbonyl (C=O) groups excluding carboxylic acids is 2. The van der Waals surface area contributed by atoms with E-state index in [2.05, 4.69) is 20.6 Å². The molecule has 2 aromatic heterocycles. The summed E-state index contributed by atoms with van der Waals surface area (Å²) in [6.45, 7) is 0.662. The van der Waals surface area contributed by atoms with E-state index >= 15 is 0 Å². The van der Waals surface area contributed by atoms with Crippen LogP contribution in [-0.2, 0) is 6.54 Å². The van der Waals surface area contributed by atoms with Gasteiger partial charge in [-0.1, -0.05) is 23.5 Å². The van der Waals surface area contributed by atoms with Gasteiger partial charge in [-0.15, -0.1) is 0 Å². The highest BCUT2D eigenvalue weighted by molar-refractivity contribution is 7.22. The Balaban J connectivity index is 1.63. The number of nitrogens with zero attached hydrogens (tertiary/aromatic N) is 2. The topological polar surface area (TPSA) is 130 Å². The third kappa shape index (κ3) is 4.78. The maximum atomic E-state index is 12.4. The van der Waals surface area contributed by atoms with Gasteiger partial charge in [0.05, 0.1) is 10.2 Å². The van der Waals surface area contributed by atoms with E-state index in [-0.39, 0.29) is 29.8 Å². The fourth-order valence-corrected chi connectivity index (χ4v) is 3.23. The molecule has 0 atom stereocenters. The van der Waals surface area contributed by atoms with Crippen molar-refractivity contribution in [3.05, 3.63) is 53.3 Å². The first-order chi connectivity index (χ1) is 13.1. The van der Waals surface area contributed by atoms with Crippen molar-refractivity contribution in [2.75, 3.05) is 18.9 Å². The Morgan fingerprint density at radius 3 is 2.56 bits per heavy atom. The molecule has 0 unspecified atom stereocenters. The summed E-state index contributed by atoms with van der Waals surface area (Å²) >= 11 is 1.39. The Bertz CT molecular complexity index is 973. The van der Waals surface area contributed by atoms with Crippen LogP contribution in [-0.4, -0.2) is 40.0 Å². The van der Waals surface area contributed by atoms with Crippen molar-refractivity contribution in [1.82, 2.24) is 20.6 Å². The van der Waals surface area contributed by atoms with Crippen molar-refractivity contribution >= 4 is 38.5 Å². The third-order valence-electron chi connectivity index (χ3n) is 3.76. The van der Waals surface area contributed by atoms with Crippen LogP contribution < -0.4 is 16.4 Å². The molecule has 8 nitrogen and oxygen atoms in total. The van der Waals surface area contributed by atoms with Gasteiger partial charge in [-0.25, -0.2) is 9.97 Å². The van der Waals surface area contributed by atoms with Gasteiger partial charge in [0.25, 0.3) is 11.8 Å². The minimum atomic E-state index is -0.383. The Labute approximate surface area is 159 Å². The minimum Gasteiger partial charge on any atom is -0.396 e. The first-order valence-electron chi connectivity index (χ1n) is 8.36. The van der Waals surface area contributed by atoms with E-state index in [1.807, 2.05) is 18.2 Å². The molecule has 0 saturated heterocycles. The molecule has 0 bridgehead atoms. The first kappa shape index (κ1) is 18.7. The van der Waals surface area contributed by atoms with Gasteiger partial charge >= 0.3 is 0 Å². The molecule has 0 aliphatic carbocycles. The predicted octanol–water partition coefficient (Wildman–Crippen LogP) is 1.32. The van der Waals surface area contributed by atoms with Gasteiger partial charge in [0.1, 0.15) is 11.4 Å². The summed E-state index contributed by atoms with van der Waals surface area (Å²) in [6.07, 6.45) is 0.460. The van der Waals surface area contributed by atoms with E-state index in [4.69, 9.17) is 10.8 Å². The first-order valence-corrected chi connectivity index (χ1v) is 9.18. The number of aliphatic hydroxyl groups excluding tert-OH is 1. The Kier molecular flexibility index (Phi) is 5.94. The van der Waals surface area contributed by atoms with Gasteiger partial charge in [0, 0.05) is 19.7 Å². The monoisotopic (exact) mass is 385 g/mol. The molecule has 3 rings (SSSR count). The van der Waals surface area contributed by atoms with E-state index in [9.17, 15) is 9.59 Å². The second kappa shape index (κ2) is 8.56. The number of benzene rings is 1. The van der Waals surface area contributed by atoms with Crippen LogP contribution in [0.1, 0.15) is 33.0 Å². The fraction of sp³-hybridized carbons (Fsp3) is 0.222. The summed E-state index contributed by atoms with van der Waals surface area (Å²) in [5.74, 6) is -0.754. The van der Waals surface area contributed by atoms with Crippen LogP contribution >= 0.6 is 11.3 Å². The van der Waals surface area contributed by atoms with E-state index in [0.29, 0.717) is 24.6 Å². The minimum absolute atomic E-state index is 0.00390. The standard InChI is InChI=1S/C18H19N5O3S/c19-18-23-12-6-5-11(9-15(12)27-18)10-21-17(26)14-4-1-3-13(22-14)16(25)20-7-2-8-24/h1,3-6,9,24H,2,7-8,10H2,(H2,19,23)(H,20,25)(H,21,26). The van der Waals surface area contributed by atoms with Gasteiger partial charge in [0.15, 0.2) is 5.13 Å². The van der Waals surface area contributed by atoms with Crippen molar-refractivity contribution in [1.29, 1.82) is 0 Å². The number of anilines is 1. The third-order valence-corrected chi connectivity index (χ3v) is 4.60. The molecule has 2 amide bonds. The molecule has 5 N–H and O–H groups in total. The van der Waals surface area contributed by atoms with Crippen LogP contribution in [0.4, 0.5) is 5.13 Å². The van der Waals surface area contributed by atoms with Crippen molar-refractivity contribution in [2.45, 2.75) is 13.0 Å². The summed E-state index contributed by atoms with van der Waals surface area (Å²) in [6, 6.07) is 10.4. The quantitative estimate of drug-likeness (QED) is 0.454. The van der Waals surface area contributed by atoms with Crippen molar-refractivity contribution in [3.8, 4) is 0 Å². The summed E-state index contributed by atoms with van der Waals surface area (Å²) < 4.78 is 0.957. The number of carbonyl (C=O) groups is 2. The van der Waals surface area contributed by atoms with E-state index in [1.165, 1.54) is 17.4 Å². The average Bonchev–Trinajstić information content (AvgIpc) is 3.05. The Morgan fingerprint density at radius 2 is 1.81 bits per heavy atom. The zero-order valence-electron chi connectivity index (χ0n) is 14.4. The van der Waals surface area contributed by atoms with E-state index in [1.54, 1.807) is 12.1 Å². The Hall–Kier alpha value is -3.04. The number of thiazole rings is 1. The number of nitrogens with two attached hydrogens (primary N) is 1. The number of aromatic nitrogens is 2. The van der Waals surface area contributed by atoms with Crippen LogP contribution in [0.5, 0.6) is 0 Å². The molecule has 0 aliphatic rings. The molecule has 140 valence electrons. The van der Waals surface area contributed by atoms with Crippen LogP contribution in [0.3, 0.4) is 0 Å². The molecule has 2 heterocycles. The maximum Gasteiger partial charge on any atom is 0.270 e. The lowest BCUT2D eigenvalue weighted by Crippen LogP contribution is -2.28. The Morgan fingerprint density at radius 1 is 1.07 bits per heavy atom. The van der Waals surface area contributed by atoms with Crippen molar-refractivity contribution in [2.24, 2.45) is 0 Å². The highest BCUT2D eigenvalue weighted by atomic mass is 32.1. The summed E-state index contributed by atoms with van der Waals surface area (Å²) in [5.41, 5.74) is 7.76. The summed E-state index contributed by atoms with van der Waals surface area (Å²) in [4.78, 5) is 32.7. The SMILES string of the molecule is Nc1nc2ccc(CNC(=O)c3cccc(C(=O)NCCCO)n3)cc2s1. The molecule has 0 radical (unpaired) electrons. The number of pyridine rings is 1. The number of rotatable bonds is 7. The number of fused-ring (bicyclic) bond motifs is 1. The zero-order chi connectivity index (χ0) is 19.2. The van der Waals surface area contributed by atoms with Gasteiger partial charge in [0.2, 0.25) is 0 Å². The molecular weight excluding hydrogens is 366 g/mol. The number of hydrogen-bond acceptors (Lipinski definition) is 7. The van der Waals surface area contributed by atoms with Crippen LogP contribution in [0, 0.1) is 0 Å². The van der Waals surface area contributed by atoms with Gasteiger partial charge in [-0.3, -0.25) is 9.59 Å². The molecule has 9 heteroatoms. The highest BCUT2D eigenvalue weighted by Crippen LogP contribution is 2.24. The van der Waals surface area contributed by atoms with Crippen LogP contribution in [0.25, 0.3) is 10.2 Å². The number of nitrogens with one attached hydrogen (secondary N) is 2. The molecule has 0 spiro atoms. The number of hydrogen-bond donors (Lipinski definition) is 4. The van der Waals surface area contributed by atoms with Gasteiger partial charge < -0.3 is 21.5 Å². The summed E-state index contributed by atoms with van der Waals surface area (Å²) in [5, 5.41) is 14.7. The average molecular weight is 385 g/mol. The molecule has 3 aromatic rings. The number of aliphatic hydroxyl groups is 1. The summed E-state index contributed by atoms with van der Waals surface area (Å²) in [7, 11) is 0. The number of amides is 2. The molecule has 0 aliphatic heterocycles.